The zero-order chi connectivity index (χ0) is 15.0. The highest BCUT2D eigenvalue weighted by atomic mass is 16.1. The molecule has 0 bridgehead atoms. The van der Waals surface area contributed by atoms with Crippen molar-refractivity contribution >= 4 is 11.6 Å². The third-order valence-electron chi connectivity index (χ3n) is 4.10. The summed E-state index contributed by atoms with van der Waals surface area (Å²) in [5.41, 5.74) is 11.8. The van der Waals surface area contributed by atoms with Crippen molar-refractivity contribution in [3.8, 4) is 11.1 Å². The molecular weight excluding hydrogens is 260 g/mol. The van der Waals surface area contributed by atoms with Gasteiger partial charge in [-0.2, -0.15) is 0 Å². The molecule has 0 unspecified atom stereocenters. The van der Waals surface area contributed by atoms with Gasteiger partial charge in [0.1, 0.15) is 0 Å². The topological polar surface area (TPSA) is 55.1 Å². The molecule has 21 heavy (non-hydrogen) atoms. The number of hydrogen-bond donors (Lipinski definition) is 2. The highest BCUT2D eigenvalue weighted by Gasteiger charge is 2.15. The normalized spacial score (nSPS) is 13.1. The summed E-state index contributed by atoms with van der Waals surface area (Å²) in [5, 5.41) is 3.35. The van der Waals surface area contributed by atoms with Crippen LogP contribution in [0, 0.1) is 0 Å². The number of anilines is 1. The lowest BCUT2D eigenvalue weighted by molar-refractivity contribution is 0.100. The quantitative estimate of drug-likeness (QED) is 0.903. The molecule has 0 atom stereocenters. The van der Waals surface area contributed by atoms with Gasteiger partial charge in [-0.3, -0.25) is 4.79 Å². The molecule has 1 aliphatic rings. The van der Waals surface area contributed by atoms with Gasteiger partial charge in [-0.25, -0.2) is 0 Å². The minimum absolute atomic E-state index is 0.369. The average Bonchev–Trinajstić information content (AvgIpc) is 2.93. The zero-order valence-electron chi connectivity index (χ0n) is 12.4. The van der Waals surface area contributed by atoms with Gasteiger partial charge in [-0.1, -0.05) is 32.0 Å². The lowest BCUT2D eigenvalue weighted by atomic mass is 9.92. The first-order chi connectivity index (χ1) is 10.1. The van der Waals surface area contributed by atoms with Crippen LogP contribution >= 0.6 is 0 Å². The van der Waals surface area contributed by atoms with Crippen LogP contribution in [-0.4, -0.2) is 12.5 Å². The number of benzene rings is 2. The van der Waals surface area contributed by atoms with Gasteiger partial charge in [-0.15, -0.1) is 0 Å². The van der Waals surface area contributed by atoms with Gasteiger partial charge in [0.05, 0.1) is 0 Å². The fraction of sp³-hybridized carbons (Fsp3) is 0.278. The summed E-state index contributed by atoms with van der Waals surface area (Å²) < 4.78 is 0. The van der Waals surface area contributed by atoms with E-state index in [4.69, 9.17) is 5.73 Å². The Labute approximate surface area is 125 Å². The molecule has 1 amide bonds. The van der Waals surface area contributed by atoms with Crippen molar-refractivity contribution in [1.29, 1.82) is 0 Å². The molecular formula is C18H20N2O. The first kappa shape index (κ1) is 13.7. The number of hydrogen-bond acceptors (Lipinski definition) is 2. The van der Waals surface area contributed by atoms with E-state index in [1.807, 2.05) is 18.2 Å². The van der Waals surface area contributed by atoms with Gasteiger partial charge in [-0.05, 0) is 52.8 Å². The van der Waals surface area contributed by atoms with E-state index in [1.165, 1.54) is 11.3 Å². The molecule has 1 aliphatic heterocycles. The van der Waals surface area contributed by atoms with Crippen molar-refractivity contribution in [2.75, 3.05) is 11.9 Å². The van der Waals surface area contributed by atoms with Gasteiger partial charge in [0.15, 0.2) is 0 Å². The van der Waals surface area contributed by atoms with Crippen LogP contribution in [0.2, 0.25) is 0 Å². The highest BCUT2D eigenvalue weighted by Crippen LogP contribution is 2.31. The van der Waals surface area contributed by atoms with Crippen molar-refractivity contribution in [1.82, 2.24) is 0 Å². The summed E-state index contributed by atoms with van der Waals surface area (Å²) in [6.07, 6.45) is 1.03. The maximum atomic E-state index is 11.8. The van der Waals surface area contributed by atoms with E-state index >= 15 is 0 Å². The minimum Gasteiger partial charge on any atom is -0.384 e. The Morgan fingerprint density at radius 3 is 2.71 bits per heavy atom. The van der Waals surface area contributed by atoms with Crippen molar-refractivity contribution < 1.29 is 4.79 Å². The maximum Gasteiger partial charge on any atom is 0.249 e. The monoisotopic (exact) mass is 280 g/mol. The number of nitrogens with two attached hydrogens (primary N) is 1. The highest BCUT2D eigenvalue weighted by molar-refractivity contribution is 6.00. The van der Waals surface area contributed by atoms with Gasteiger partial charge >= 0.3 is 0 Å². The summed E-state index contributed by atoms with van der Waals surface area (Å²) in [7, 11) is 0. The Bertz CT molecular complexity index is 704. The van der Waals surface area contributed by atoms with Crippen molar-refractivity contribution in [3.63, 3.8) is 0 Å². The number of rotatable bonds is 3. The largest absolute Gasteiger partial charge is 0.384 e. The van der Waals surface area contributed by atoms with E-state index in [9.17, 15) is 4.79 Å². The predicted molar refractivity (Wildman–Crippen MR) is 86.7 cm³/mol. The smallest absolute Gasteiger partial charge is 0.249 e. The van der Waals surface area contributed by atoms with E-state index in [1.54, 1.807) is 0 Å². The Kier molecular flexibility index (Phi) is 3.42. The van der Waals surface area contributed by atoms with Crippen LogP contribution in [0.3, 0.4) is 0 Å². The van der Waals surface area contributed by atoms with Gasteiger partial charge in [0, 0.05) is 17.8 Å². The first-order valence-electron chi connectivity index (χ1n) is 7.37. The van der Waals surface area contributed by atoms with E-state index in [0.29, 0.717) is 11.5 Å². The predicted octanol–water partition coefficient (Wildman–Crippen LogP) is 3.54. The van der Waals surface area contributed by atoms with Gasteiger partial charge in [0.2, 0.25) is 5.91 Å². The Morgan fingerprint density at radius 2 is 2.00 bits per heavy atom. The summed E-state index contributed by atoms with van der Waals surface area (Å²) in [6.45, 7) is 5.20. The number of fused-ring (bicyclic) bond motifs is 1. The lowest BCUT2D eigenvalue weighted by Gasteiger charge is -2.13. The second-order valence-corrected chi connectivity index (χ2v) is 5.87. The second-order valence-electron chi connectivity index (χ2n) is 5.87. The van der Waals surface area contributed by atoms with Crippen LogP contribution in [0.25, 0.3) is 11.1 Å². The van der Waals surface area contributed by atoms with E-state index in [0.717, 1.165) is 29.7 Å². The third kappa shape index (κ3) is 2.51. The second kappa shape index (κ2) is 5.24. The number of nitrogens with one attached hydrogen (secondary N) is 1. The van der Waals surface area contributed by atoms with Crippen LogP contribution in [0.4, 0.5) is 5.69 Å². The fourth-order valence-electron chi connectivity index (χ4n) is 2.85. The van der Waals surface area contributed by atoms with Crippen LogP contribution in [0.1, 0.15) is 41.3 Å². The number of amides is 1. The number of primary amides is 1. The molecule has 1 heterocycles. The molecule has 0 fully saturated rings. The molecule has 0 saturated carbocycles. The van der Waals surface area contributed by atoms with Gasteiger partial charge in [0.25, 0.3) is 0 Å². The Balaban J connectivity index is 2.11. The standard InChI is InChI=1S/C18H20N2O/c1-11(2)12-3-5-15(16(10-12)18(19)21)13-4-6-17-14(9-13)7-8-20-17/h3-6,9-11,20H,7-8H2,1-2H3,(H2,19,21). The molecule has 0 aliphatic carbocycles. The molecule has 0 spiro atoms. The fourth-order valence-corrected chi connectivity index (χ4v) is 2.85. The zero-order valence-corrected chi connectivity index (χ0v) is 12.4. The number of carbonyl (C=O) groups excluding carboxylic acids is 1. The Morgan fingerprint density at radius 1 is 1.19 bits per heavy atom. The molecule has 0 aromatic heterocycles. The average molecular weight is 280 g/mol. The summed E-state index contributed by atoms with van der Waals surface area (Å²) in [5.74, 6) is 0.00694. The van der Waals surface area contributed by atoms with Crippen molar-refractivity contribution in [2.45, 2.75) is 26.2 Å². The van der Waals surface area contributed by atoms with Crippen molar-refractivity contribution in [3.05, 3.63) is 53.1 Å². The number of carbonyl (C=O) groups is 1. The lowest BCUT2D eigenvalue weighted by Crippen LogP contribution is -2.13. The van der Waals surface area contributed by atoms with E-state index in [-0.39, 0.29) is 5.91 Å². The van der Waals surface area contributed by atoms with Crippen LogP contribution in [0.5, 0.6) is 0 Å². The molecule has 3 heteroatoms. The molecule has 3 nitrogen and oxygen atoms in total. The van der Waals surface area contributed by atoms with Crippen LogP contribution in [-0.2, 0) is 6.42 Å². The molecule has 3 N–H and O–H groups in total. The summed E-state index contributed by atoms with van der Waals surface area (Å²) in [4.78, 5) is 11.8. The third-order valence-corrected chi connectivity index (χ3v) is 4.10. The van der Waals surface area contributed by atoms with Crippen molar-refractivity contribution in [2.24, 2.45) is 5.73 Å². The SMILES string of the molecule is CC(C)c1ccc(-c2ccc3c(c2)CCN3)c(C(N)=O)c1. The van der Waals surface area contributed by atoms with Gasteiger partial charge < -0.3 is 11.1 Å². The van der Waals surface area contributed by atoms with E-state index in [2.05, 4.69) is 37.4 Å². The summed E-state index contributed by atoms with van der Waals surface area (Å²) >= 11 is 0. The minimum atomic E-state index is -0.369. The molecule has 0 radical (unpaired) electrons. The maximum absolute atomic E-state index is 11.8. The first-order valence-corrected chi connectivity index (χ1v) is 7.37. The molecule has 108 valence electrons. The van der Waals surface area contributed by atoms with Crippen LogP contribution in [0.15, 0.2) is 36.4 Å². The molecule has 2 aromatic rings. The molecule has 3 rings (SSSR count). The molecule has 0 saturated heterocycles. The van der Waals surface area contributed by atoms with Crippen LogP contribution < -0.4 is 11.1 Å². The Hall–Kier alpha value is -2.29. The van der Waals surface area contributed by atoms with E-state index < -0.39 is 0 Å². The molecule has 2 aromatic carbocycles. The summed E-state index contributed by atoms with van der Waals surface area (Å²) in [6, 6.07) is 12.3.